The van der Waals surface area contributed by atoms with E-state index in [1.807, 2.05) is 54.6 Å². The van der Waals surface area contributed by atoms with Gasteiger partial charge in [-0.25, -0.2) is 4.90 Å². The highest BCUT2D eigenvalue weighted by atomic mass is 16.6. The molecular weight excluding hydrogens is 480 g/mol. The summed E-state index contributed by atoms with van der Waals surface area (Å²) >= 11 is 0. The van der Waals surface area contributed by atoms with Crippen molar-refractivity contribution in [1.82, 2.24) is 0 Å². The molecule has 1 heterocycles. The third kappa shape index (κ3) is 2.79. The zero-order chi connectivity index (χ0) is 26.0. The van der Waals surface area contributed by atoms with Crippen molar-refractivity contribution >= 4 is 28.9 Å². The molecule has 1 saturated heterocycles. The lowest BCUT2D eigenvalue weighted by Crippen LogP contribution is -2.57. The Labute approximate surface area is 217 Å². The highest BCUT2D eigenvalue weighted by molar-refractivity contribution is 6.23. The second-order valence-corrected chi connectivity index (χ2v) is 9.74. The molecule has 4 aromatic rings. The van der Waals surface area contributed by atoms with Crippen LogP contribution in [0.5, 0.6) is 0 Å². The zero-order valence-electron chi connectivity index (χ0n) is 20.0. The van der Waals surface area contributed by atoms with Crippen LogP contribution >= 0.6 is 0 Å². The quantitative estimate of drug-likeness (QED) is 0.151. The maximum atomic E-state index is 14.0. The molecule has 3 aliphatic carbocycles. The molecule has 1 aliphatic heterocycles. The van der Waals surface area contributed by atoms with Crippen LogP contribution in [0.4, 0.5) is 17.1 Å². The van der Waals surface area contributed by atoms with Crippen molar-refractivity contribution in [1.29, 1.82) is 0 Å². The third-order valence-corrected chi connectivity index (χ3v) is 8.01. The summed E-state index contributed by atoms with van der Waals surface area (Å²) in [5, 5.41) is 21.5. The molecule has 2 bridgehead atoms. The molecule has 8 heteroatoms. The van der Waals surface area contributed by atoms with Gasteiger partial charge < -0.3 is 0 Å². The number of rotatable bonds is 4. The molecular formula is C30H20N4O4. The van der Waals surface area contributed by atoms with Crippen LogP contribution in [0, 0.1) is 22.0 Å². The smallest absolute Gasteiger partial charge is 0.274 e. The van der Waals surface area contributed by atoms with E-state index in [1.54, 1.807) is 48.5 Å². The maximum absolute atomic E-state index is 14.0. The molecule has 1 fully saturated rings. The van der Waals surface area contributed by atoms with E-state index in [-0.39, 0.29) is 4.92 Å². The van der Waals surface area contributed by atoms with Gasteiger partial charge in [0.2, 0.25) is 11.8 Å². The van der Waals surface area contributed by atoms with Crippen LogP contribution in [0.3, 0.4) is 0 Å². The number of imide groups is 1. The minimum Gasteiger partial charge on any atom is -0.274 e. The number of anilines is 1. The SMILES string of the molecule is O=C1[C@H]2C3c4ccccc4C([N+](=O)[O-])(c4ccccc43)[C@H]2C(=O)N1c1ccc(N=Nc2ccccc2)cc1. The molecule has 0 spiro atoms. The number of hydrogen-bond acceptors (Lipinski definition) is 6. The van der Waals surface area contributed by atoms with Crippen LogP contribution in [-0.2, 0) is 15.1 Å². The van der Waals surface area contributed by atoms with Gasteiger partial charge in [-0.2, -0.15) is 10.2 Å². The number of nitrogens with zero attached hydrogens (tertiary/aromatic N) is 4. The number of benzene rings is 4. The molecule has 4 aromatic carbocycles. The Balaban J connectivity index is 1.33. The number of carbonyl (C=O) groups excluding carboxylic acids is 2. The summed E-state index contributed by atoms with van der Waals surface area (Å²) in [4.78, 5) is 41.8. The predicted octanol–water partition coefficient (Wildman–Crippen LogP) is 5.89. The van der Waals surface area contributed by atoms with Crippen LogP contribution in [-0.4, -0.2) is 16.7 Å². The summed E-state index contributed by atoms with van der Waals surface area (Å²) < 4.78 is 0. The van der Waals surface area contributed by atoms with Crippen molar-refractivity contribution in [2.45, 2.75) is 11.5 Å². The number of amides is 2. The van der Waals surface area contributed by atoms with E-state index in [9.17, 15) is 19.7 Å². The molecule has 4 aliphatic rings. The lowest BCUT2D eigenvalue weighted by molar-refractivity contribution is -0.578. The lowest BCUT2D eigenvalue weighted by Gasteiger charge is -2.48. The summed E-state index contributed by atoms with van der Waals surface area (Å²) in [6.45, 7) is 0. The van der Waals surface area contributed by atoms with Gasteiger partial charge in [-0.3, -0.25) is 19.7 Å². The Hall–Kier alpha value is -4.98. The fraction of sp³-hybridized carbons (Fsp3) is 0.133. The third-order valence-electron chi connectivity index (χ3n) is 8.01. The Bertz CT molecular complexity index is 1620. The van der Waals surface area contributed by atoms with Crippen LogP contribution in [0.25, 0.3) is 0 Å². The normalized spacial score (nSPS) is 24.8. The van der Waals surface area contributed by atoms with E-state index < -0.39 is 35.1 Å². The van der Waals surface area contributed by atoms with Crippen molar-refractivity contribution in [2.75, 3.05) is 4.90 Å². The standard InChI is InChI=1S/C30H20N4O4/c35-28-26-25-21-10-4-6-12-23(21)30(34(37)38,24-13-7-5-11-22(24)25)27(26)29(36)33(28)20-16-14-19(15-17-20)32-31-18-8-2-1-3-9-18/h1-17,25-27H/t25?,26-,27+,30?/m0/s1. The number of carbonyl (C=O) groups is 2. The topological polar surface area (TPSA) is 105 Å². The van der Waals surface area contributed by atoms with Crippen molar-refractivity contribution in [3.8, 4) is 0 Å². The van der Waals surface area contributed by atoms with Crippen LogP contribution in [0.2, 0.25) is 0 Å². The molecule has 8 rings (SSSR count). The fourth-order valence-corrected chi connectivity index (χ4v) is 6.57. The molecule has 0 saturated carbocycles. The molecule has 2 amide bonds. The van der Waals surface area contributed by atoms with Gasteiger partial charge in [-0.15, -0.1) is 0 Å². The van der Waals surface area contributed by atoms with Crippen molar-refractivity contribution in [3.05, 3.63) is 135 Å². The van der Waals surface area contributed by atoms with E-state index in [2.05, 4.69) is 10.2 Å². The van der Waals surface area contributed by atoms with Crippen LogP contribution < -0.4 is 4.90 Å². The first kappa shape index (κ1) is 22.2. The fourth-order valence-electron chi connectivity index (χ4n) is 6.57. The van der Waals surface area contributed by atoms with Crippen LogP contribution in [0.1, 0.15) is 28.2 Å². The van der Waals surface area contributed by atoms with E-state index in [4.69, 9.17) is 0 Å². The van der Waals surface area contributed by atoms with Gasteiger partial charge in [0, 0.05) is 22.0 Å². The minimum absolute atomic E-state index is 0.360. The summed E-state index contributed by atoms with van der Waals surface area (Å²) in [7, 11) is 0. The Kier molecular flexibility index (Phi) is 4.69. The summed E-state index contributed by atoms with van der Waals surface area (Å²) in [5.74, 6) is -3.41. The first-order valence-corrected chi connectivity index (χ1v) is 12.3. The second-order valence-electron chi connectivity index (χ2n) is 9.74. The van der Waals surface area contributed by atoms with Gasteiger partial charge in [-0.05, 0) is 47.5 Å². The average molecular weight is 501 g/mol. The Morgan fingerprint density at radius 2 is 1.21 bits per heavy atom. The summed E-state index contributed by atoms with van der Waals surface area (Å²) in [5.41, 5.74) is 2.25. The van der Waals surface area contributed by atoms with E-state index >= 15 is 0 Å². The molecule has 184 valence electrons. The highest BCUT2D eigenvalue weighted by Gasteiger charge is 2.74. The molecule has 8 nitrogen and oxygen atoms in total. The molecule has 0 radical (unpaired) electrons. The highest BCUT2D eigenvalue weighted by Crippen LogP contribution is 2.64. The van der Waals surface area contributed by atoms with Crippen molar-refractivity contribution in [3.63, 3.8) is 0 Å². The van der Waals surface area contributed by atoms with Gasteiger partial charge in [-0.1, -0.05) is 66.7 Å². The number of azo groups is 1. The van der Waals surface area contributed by atoms with E-state index in [0.717, 1.165) is 16.0 Å². The van der Waals surface area contributed by atoms with Crippen molar-refractivity contribution < 1.29 is 14.5 Å². The van der Waals surface area contributed by atoms with Crippen molar-refractivity contribution in [2.24, 2.45) is 22.1 Å². The summed E-state index contributed by atoms with van der Waals surface area (Å²) in [6.07, 6.45) is 0. The Morgan fingerprint density at radius 3 is 1.79 bits per heavy atom. The largest absolute Gasteiger partial charge is 0.285 e. The molecule has 0 aromatic heterocycles. The Morgan fingerprint density at radius 1 is 0.684 bits per heavy atom. The van der Waals surface area contributed by atoms with E-state index in [1.165, 1.54) is 0 Å². The summed E-state index contributed by atoms with van der Waals surface area (Å²) in [6, 6.07) is 30.2. The van der Waals surface area contributed by atoms with Gasteiger partial charge in [0.25, 0.3) is 5.54 Å². The lowest BCUT2D eigenvalue weighted by atomic mass is 9.51. The average Bonchev–Trinajstić information content (AvgIpc) is 3.23. The number of nitro groups is 1. The van der Waals surface area contributed by atoms with E-state index in [0.29, 0.717) is 28.2 Å². The van der Waals surface area contributed by atoms with Crippen LogP contribution in [0.15, 0.2) is 113 Å². The molecule has 2 atom stereocenters. The zero-order valence-corrected chi connectivity index (χ0v) is 20.0. The molecule has 38 heavy (non-hydrogen) atoms. The first-order chi connectivity index (χ1) is 18.5. The molecule has 0 unspecified atom stereocenters. The number of hydrogen-bond donors (Lipinski definition) is 0. The van der Waals surface area contributed by atoms with Gasteiger partial charge in [0.1, 0.15) is 5.92 Å². The minimum atomic E-state index is -1.84. The monoisotopic (exact) mass is 500 g/mol. The second kappa shape index (κ2) is 8.01. The maximum Gasteiger partial charge on any atom is 0.285 e. The first-order valence-electron chi connectivity index (χ1n) is 12.3. The van der Waals surface area contributed by atoms with Gasteiger partial charge >= 0.3 is 0 Å². The van der Waals surface area contributed by atoms with Gasteiger partial charge in [0.15, 0.2) is 0 Å². The molecule has 0 N–H and O–H groups in total. The van der Waals surface area contributed by atoms with Gasteiger partial charge in [0.05, 0.1) is 23.0 Å². The predicted molar refractivity (Wildman–Crippen MR) is 139 cm³/mol.